The van der Waals surface area contributed by atoms with Gasteiger partial charge in [0.25, 0.3) is 5.56 Å². The molecule has 0 amide bonds. The molecule has 5 aromatic rings. The molecule has 0 fully saturated rings. The molecule has 5 rings (SSSR count). The average molecular weight is 429 g/mol. The SMILES string of the molecule is CCOc1ccc(-n2nnc3c(=O)n(Cc4nc(-c5ccccc5C)no4)cnc32)cc1. The van der Waals surface area contributed by atoms with Crippen LogP contribution in [-0.4, -0.2) is 41.3 Å². The third kappa shape index (κ3) is 3.51. The quantitative estimate of drug-likeness (QED) is 0.405. The van der Waals surface area contributed by atoms with Crippen LogP contribution in [0.15, 0.2) is 64.2 Å². The largest absolute Gasteiger partial charge is 0.494 e. The van der Waals surface area contributed by atoms with Gasteiger partial charge >= 0.3 is 0 Å². The van der Waals surface area contributed by atoms with Crippen molar-refractivity contribution in [2.24, 2.45) is 0 Å². The van der Waals surface area contributed by atoms with Gasteiger partial charge in [0.1, 0.15) is 18.6 Å². The van der Waals surface area contributed by atoms with Crippen LogP contribution in [0.25, 0.3) is 28.2 Å². The maximum atomic E-state index is 12.9. The number of aryl methyl sites for hydroxylation is 1. The van der Waals surface area contributed by atoms with Crippen LogP contribution in [0.4, 0.5) is 0 Å². The summed E-state index contributed by atoms with van der Waals surface area (Å²) in [5.41, 5.74) is 2.80. The van der Waals surface area contributed by atoms with Crippen molar-refractivity contribution in [3.63, 3.8) is 0 Å². The molecule has 3 aromatic heterocycles. The Morgan fingerprint density at radius 3 is 2.69 bits per heavy atom. The van der Waals surface area contributed by atoms with E-state index in [9.17, 15) is 4.79 Å². The lowest BCUT2D eigenvalue weighted by atomic mass is 10.1. The van der Waals surface area contributed by atoms with Crippen LogP contribution in [0.2, 0.25) is 0 Å². The molecule has 0 saturated heterocycles. The highest BCUT2D eigenvalue weighted by Crippen LogP contribution is 2.20. The van der Waals surface area contributed by atoms with Gasteiger partial charge in [-0.2, -0.15) is 9.67 Å². The number of rotatable bonds is 6. The molecule has 10 heteroatoms. The van der Waals surface area contributed by atoms with Crippen molar-refractivity contribution in [3.05, 3.63) is 76.7 Å². The lowest BCUT2D eigenvalue weighted by molar-refractivity contribution is 0.340. The molecule has 0 unspecified atom stereocenters. The van der Waals surface area contributed by atoms with E-state index in [1.54, 1.807) is 0 Å². The molecule has 10 nitrogen and oxygen atoms in total. The number of nitrogens with zero attached hydrogens (tertiary/aromatic N) is 7. The van der Waals surface area contributed by atoms with Crippen molar-refractivity contribution >= 4 is 11.2 Å². The van der Waals surface area contributed by atoms with Gasteiger partial charge in [-0.3, -0.25) is 9.36 Å². The average Bonchev–Trinajstić information content (AvgIpc) is 3.44. The molecule has 0 aliphatic carbocycles. The van der Waals surface area contributed by atoms with Crippen molar-refractivity contribution in [2.45, 2.75) is 20.4 Å². The van der Waals surface area contributed by atoms with Crippen LogP contribution in [0.5, 0.6) is 5.75 Å². The molecule has 160 valence electrons. The first-order chi connectivity index (χ1) is 15.6. The first kappa shape index (κ1) is 19.6. The van der Waals surface area contributed by atoms with Gasteiger partial charge in [0.15, 0.2) is 11.2 Å². The summed E-state index contributed by atoms with van der Waals surface area (Å²) in [6, 6.07) is 15.1. The number of hydrogen-bond acceptors (Lipinski definition) is 8. The maximum absolute atomic E-state index is 12.9. The summed E-state index contributed by atoms with van der Waals surface area (Å²) in [4.78, 5) is 21.8. The highest BCUT2D eigenvalue weighted by Gasteiger charge is 2.16. The standard InChI is InChI=1S/C22H19N7O3/c1-3-31-16-10-8-15(9-11-16)29-21-19(25-27-29)22(30)28(13-23-21)12-18-24-20(26-32-18)17-7-5-4-6-14(17)2/h4-11,13H,3,12H2,1-2H3. The maximum Gasteiger partial charge on any atom is 0.284 e. The molecule has 32 heavy (non-hydrogen) atoms. The topological polar surface area (TPSA) is 114 Å². The van der Waals surface area contributed by atoms with Crippen LogP contribution in [0.1, 0.15) is 18.4 Å². The molecular formula is C22H19N7O3. The Balaban J connectivity index is 1.44. The molecule has 0 atom stereocenters. The molecule has 2 aromatic carbocycles. The van der Waals surface area contributed by atoms with E-state index >= 15 is 0 Å². The lowest BCUT2D eigenvalue weighted by Crippen LogP contribution is -2.21. The van der Waals surface area contributed by atoms with Gasteiger partial charge in [0, 0.05) is 5.56 Å². The fourth-order valence-corrected chi connectivity index (χ4v) is 3.38. The predicted molar refractivity (Wildman–Crippen MR) is 116 cm³/mol. The van der Waals surface area contributed by atoms with Crippen molar-refractivity contribution in [2.75, 3.05) is 6.61 Å². The van der Waals surface area contributed by atoms with Gasteiger partial charge in [-0.1, -0.05) is 34.6 Å². The highest BCUT2D eigenvalue weighted by atomic mass is 16.5. The second-order valence-electron chi connectivity index (χ2n) is 7.10. The number of fused-ring (bicyclic) bond motifs is 1. The predicted octanol–water partition coefficient (Wildman–Crippen LogP) is 2.78. The normalized spacial score (nSPS) is 11.2. The third-order valence-corrected chi connectivity index (χ3v) is 4.98. The Morgan fingerprint density at radius 2 is 1.91 bits per heavy atom. The van der Waals surface area contributed by atoms with Crippen molar-refractivity contribution in [3.8, 4) is 22.8 Å². The van der Waals surface area contributed by atoms with Crippen molar-refractivity contribution in [1.82, 2.24) is 34.7 Å². The molecule has 0 saturated carbocycles. The van der Waals surface area contributed by atoms with E-state index in [1.165, 1.54) is 15.6 Å². The fourth-order valence-electron chi connectivity index (χ4n) is 3.38. The summed E-state index contributed by atoms with van der Waals surface area (Å²) in [6.07, 6.45) is 1.43. The second kappa shape index (κ2) is 8.06. The van der Waals surface area contributed by atoms with Crippen LogP contribution in [-0.2, 0) is 6.54 Å². The van der Waals surface area contributed by atoms with Crippen LogP contribution in [0.3, 0.4) is 0 Å². The summed E-state index contributed by atoms with van der Waals surface area (Å²) in [5.74, 6) is 1.52. The Morgan fingerprint density at radius 1 is 1.09 bits per heavy atom. The van der Waals surface area contributed by atoms with E-state index in [0.717, 1.165) is 22.6 Å². The first-order valence-electron chi connectivity index (χ1n) is 10.1. The number of ether oxygens (including phenoxy) is 1. The molecule has 0 spiro atoms. The minimum atomic E-state index is -0.345. The Hall–Kier alpha value is -4.34. The molecular weight excluding hydrogens is 410 g/mol. The summed E-state index contributed by atoms with van der Waals surface area (Å²) in [7, 11) is 0. The van der Waals surface area contributed by atoms with E-state index in [0.29, 0.717) is 24.0 Å². The zero-order valence-electron chi connectivity index (χ0n) is 17.5. The van der Waals surface area contributed by atoms with E-state index in [4.69, 9.17) is 9.26 Å². The molecule has 0 aliphatic heterocycles. The summed E-state index contributed by atoms with van der Waals surface area (Å²) >= 11 is 0. The van der Waals surface area contributed by atoms with Gasteiger partial charge in [-0.25, -0.2) is 4.98 Å². The zero-order valence-corrected chi connectivity index (χ0v) is 17.5. The molecule has 0 bridgehead atoms. The number of aromatic nitrogens is 7. The Bertz CT molecular complexity index is 1450. The highest BCUT2D eigenvalue weighted by molar-refractivity contribution is 5.70. The smallest absolute Gasteiger partial charge is 0.284 e. The summed E-state index contributed by atoms with van der Waals surface area (Å²) < 4.78 is 13.7. The molecule has 0 N–H and O–H groups in total. The number of benzene rings is 2. The van der Waals surface area contributed by atoms with Gasteiger partial charge in [-0.15, -0.1) is 5.10 Å². The van der Waals surface area contributed by atoms with Gasteiger partial charge in [0.2, 0.25) is 11.7 Å². The monoisotopic (exact) mass is 429 g/mol. The van der Waals surface area contributed by atoms with E-state index in [-0.39, 0.29) is 17.6 Å². The molecule has 3 heterocycles. The van der Waals surface area contributed by atoms with Gasteiger partial charge in [0.05, 0.1) is 12.3 Å². The van der Waals surface area contributed by atoms with Gasteiger partial charge in [-0.05, 0) is 43.7 Å². The first-order valence-corrected chi connectivity index (χ1v) is 10.1. The Kier molecular flexibility index (Phi) is 4.94. The van der Waals surface area contributed by atoms with E-state index in [1.807, 2.05) is 62.4 Å². The third-order valence-electron chi connectivity index (χ3n) is 4.98. The van der Waals surface area contributed by atoms with Crippen LogP contribution >= 0.6 is 0 Å². The Labute approximate surface area is 182 Å². The van der Waals surface area contributed by atoms with Crippen LogP contribution < -0.4 is 10.3 Å². The summed E-state index contributed by atoms with van der Waals surface area (Å²) in [5, 5.41) is 12.2. The number of hydrogen-bond donors (Lipinski definition) is 0. The minimum Gasteiger partial charge on any atom is -0.494 e. The minimum absolute atomic E-state index is 0.0799. The molecule has 0 radical (unpaired) electrons. The van der Waals surface area contributed by atoms with E-state index < -0.39 is 0 Å². The fraction of sp³-hybridized carbons (Fsp3) is 0.182. The summed E-state index contributed by atoms with van der Waals surface area (Å²) in [6.45, 7) is 4.56. The van der Waals surface area contributed by atoms with Crippen LogP contribution in [0, 0.1) is 6.92 Å². The van der Waals surface area contributed by atoms with Crippen molar-refractivity contribution in [1.29, 1.82) is 0 Å². The molecule has 0 aliphatic rings. The van der Waals surface area contributed by atoms with Gasteiger partial charge < -0.3 is 9.26 Å². The lowest BCUT2D eigenvalue weighted by Gasteiger charge is -2.05. The van der Waals surface area contributed by atoms with E-state index in [2.05, 4.69) is 25.4 Å². The van der Waals surface area contributed by atoms with Crippen molar-refractivity contribution < 1.29 is 9.26 Å². The second-order valence-corrected chi connectivity index (χ2v) is 7.10. The zero-order chi connectivity index (χ0) is 22.1.